The van der Waals surface area contributed by atoms with E-state index in [0.717, 1.165) is 32.4 Å². The molecule has 1 aliphatic rings. The van der Waals surface area contributed by atoms with Crippen LogP contribution in [0.3, 0.4) is 0 Å². The van der Waals surface area contributed by atoms with Crippen LogP contribution in [0.5, 0.6) is 0 Å². The number of ether oxygens (including phenoxy) is 1. The van der Waals surface area contributed by atoms with E-state index in [-0.39, 0.29) is 0 Å². The summed E-state index contributed by atoms with van der Waals surface area (Å²) >= 11 is 1.75. The molecule has 96 valence electrons. The molecule has 2 rings (SSSR count). The highest BCUT2D eigenvalue weighted by Gasteiger charge is 2.21. The highest BCUT2D eigenvalue weighted by molar-refractivity contribution is 7.09. The van der Waals surface area contributed by atoms with Crippen LogP contribution in [-0.4, -0.2) is 30.3 Å². The molecule has 0 aromatic carbocycles. The van der Waals surface area contributed by atoms with Gasteiger partial charge in [0, 0.05) is 36.7 Å². The summed E-state index contributed by atoms with van der Waals surface area (Å²) in [5.41, 5.74) is 0. The number of nitrogens with one attached hydrogen (secondary N) is 1. The fourth-order valence-electron chi connectivity index (χ4n) is 2.26. The lowest BCUT2D eigenvalue weighted by molar-refractivity contribution is -0.000136. The lowest BCUT2D eigenvalue weighted by atomic mass is 10.0. The minimum atomic E-state index is 0.455. The second-order valence-corrected chi connectivity index (χ2v) is 5.73. The second kappa shape index (κ2) is 6.47. The zero-order chi connectivity index (χ0) is 12.1. The van der Waals surface area contributed by atoms with Crippen molar-refractivity contribution in [1.82, 2.24) is 10.3 Å². The first-order valence-electron chi connectivity index (χ1n) is 6.54. The van der Waals surface area contributed by atoms with Crippen LogP contribution < -0.4 is 5.32 Å². The number of hydrogen-bond acceptors (Lipinski definition) is 4. The van der Waals surface area contributed by atoms with E-state index < -0.39 is 0 Å². The Morgan fingerprint density at radius 2 is 2.53 bits per heavy atom. The van der Waals surface area contributed by atoms with Gasteiger partial charge in [-0.1, -0.05) is 13.8 Å². The average Bonchev–Trinajstić information content (AvgIpc) is 2.90. The predicted molar refractivity (Wildman–Crippen MR) is 71.6 cm³/mol. The van der Waals surface area contributed by atoms with Gasteiger partial charge in [-0.05, 0) is 19.3 Å². The third-order valence-electron chi connectivity index (χ3n) is 3.41. The van der Waals surface area contributed by atoms with E-state index in [9.17, 15) is 0 Å². The van der Waals surface area contributed by atoms with Crippen LogP contribution in [0.25, 0.3) is 0 Å². The Morgan fingerprint density at radius 3 is 3.24 bits per heavy atom. The molecule has 3 unspecified atom stereocenters. The van der Waals surface area contributed by atoms with Crippen LogP contribution in [0.2, 0.25) is 0 Å². The summed E-state index contributed by atoms with van der Waals surface area (Å²) in [6, 6.07) is 0.621. The third kappa shape index (κ3) is 3.76. The third-order valence-corrected chi connectivity index (χ3v) is 4.42. The van der Waals surface area contributed by atoms with Crippen LogP contribution >= 0.6 is 11.3 Å². The highest BCUT2D eigenvalue weighted by Crippen LogP contribution is 2.19. The van der Waals surface area contributed by atoms with Gasteiger partial charge in [-0.2, -0.15) is 0 Å². The maximum atomic E-state index is 5.69. The molecule has 1 saturated heterocycles. The van der Waals surface area contributed by atoms with Crippen molar-refractivity contribution in [2.24, 2.45) is 0 Å². The fourth-order valence-corrected chi connectivity index (χ4v) is 2.96. The molecule has 17 heavy (non-hydrogen) atoms. The number of nitrogens with zero attached hydrogens (tertiary/aromatic N) is 1. The summed E-state index contributed by atoms with van der Waals surface area (Å²) in [7, 11) is 0. The van der Waals surface area contributed by atoms with Crippen molar-refractivity contribution in [2.45, 2.75) is 51.2 Å². The van der Waals surface area contributed by atoms with Gasteiger partial charge in [0.1, 0.15) is 0 Å². The van der Waals surface area contributed by atoms with Gasteiger partial charge < -0.3 is 10.1 Å². The monoisotopic (exact) mass is 254 g/mol. The van der Waals surface area contributed by atoms with Crippen LogP contribution in [0.4, 0.5) is 0 Å². The van der Waals surface area contributed by atoms with Gasteiger partial charge in [0.15, 0.2) is 0 Å². The molecule has 4 heteroatoms. The normalized spacial score (nSPS) is 26.9. The van der Waals surface area contributed by atoms with Gasteiger partial charge in [-0.15, -0.1) is 11.3 Å². The van der Waals surface area contributed by atoms with Gasteiger partial charge >= 0.3 is 0 Å². The van der Waals surface area contributed by atoms with E-state index in [1.54, 1.807) is 11.3 Å². The molecule has 0 aliphatic carbocycles. The number of thiazole rings is 1. The molecule has 0 spiro atoms. The summed E-state index contributed by atoms with van der Waals surface area (Å²) < 4.78 is 5.69. The Morgan fingerprint density at radius 1 is 1.65 bits per heavy atom. The van der Waals surface area contributed by atoms with E-state index in [4.69, 9.17) is 4.74 Å². The second-order valence-electron chi connectivity index (χ2n) is 4.80. The van der Waals surface area contributed by atoms with Crippen LogP contribution in [-0.2, 0) is 4.74 Å². The molecule has 1 aromatic heterocycles. The van der Waals surface area contributed by atoms with E-state index in [1.165, 1.54) is 5.01 Å². The molecule has 3 atom stereocenters. The number of rotatable bonds is 5. The molecule has 2 heterocycles. The van der Waals surface area contributed by atoms with Crippen molar-refractivity contribution < 1.29 is 4.74 Å². The summed E-state index contributed by atoms with van der Waals surface area (Å²) in [5.74, 6) is 0.512. The average molecular weight is 254 g/mol. The molecule has 3 nitrogen and oxygen atoms in total. The molecule has 1 fully saturated rings. The quantitative estimate of drug-likeness (QED) is 0.877. The SMILES string of the molecule is CCC1CC(NCC(C)c2nccs2)CCO1. The van der Waals surface area contributed by atoms with Crippen LogP contribution in [0.15, 0.2) is 11.6 Å². The Bertz CT molecular complexity index is 315. The first-order valence-corrected chi connectivity index (χ1v) is 7.42. The van der Waals surface area contributed by atoms with E-state index >= 15 is 0 Å². The van der Waals surface area contributed by atoms with Gasteiger partial charge in [0.25, 0.3) is 0 Å². The minimum Gasteiger partial charge on any atom is -0.378 e. The summed E-state index contributed by atoms with van der Waals surface area (Å²) in [6.07, 6.45) is 5.76. The highest BCUT2D eigenvalue weighted by atomic mass is 32.1. The molecular weight excluding hydrogens is 232 g/mol. The summed E-state index contributed by atoms with van der Waals surface area (Å²) in [5, 5.41) is 6.94. The van der Waals surface area contributed by atoms with Crippen LogP contribution in [0.1, 0.15) is 44.0 Å². The largest absolute Gasteiger partial charge is 0.378 e. The molecule has 0 bridgehead atoms. The van der Waals surface area contributed by atoms with E-state index in [1.807, 2.05) is 11.6 Å². The molecule has 1 N–H and O–H groups in total. The Kier molecular flexibility index (Phi) is 4.95. The molecule has 1 aromatic rings. The first kappa shape index (κ1) is 13.0. The molecule has 1 aliphatic heterocycles. The van der Waals surface area contributed by atoms with Crippen molar-refractivity contribution in [3.05, 3.63) is 16.6 Å². The van der Waals surface area contributed by atoms with Crippen LogP contribution in [0, 0.1) is 0 Å². The van der Waals surface area contributed by atoms with Crippen molar-refractivity contribution in [1.29, 1.82) is 0 Å². The number of aromatic nitrogens is 1. The van der Waals surface area contributed by atoms with Crippen molar-refractivity contribution in [2.75, 3.05) is 13.2 Å². The smallest absolute Gasteiger partial charge is 0.0965 e. The van der Waals surface area contributed by atoms with Crippen molar-refractivity contribution >= 4 is 11.3 Å². The Hall–Kier alpha value is -0.450. The molecule has 0 amide bonds. The minimum absolute atomic E-state index is 0.455. The van der Waals surface area contributed by atoms with Gasteiger partial charge in [-0.25, -0.2) is 4.98 Å². The van der Waals surface area contributed by atoms with Crippen molar-refractivity contribution in [3.8, 4) is 0 Å². The predicted octanol–water partition coefficient (Wildman–Crippen LogP) is 2.79. The molecule has 0 radical (unpaired) electrons. The lowest BCUT2D eigenvalue weighted by Gasteiger charge is -2.30. The maximum absolute atomic E-state index is 5.69. The summed E-state index contributed by atoms with van der Waals surface area (Å²) in [4.78, 5) is 4.36. The fraction of sp³-hybridized carbons (Fsp3) is 0.769. The molecule has 0 saturated carbocycles. The zero-order valence-corrected chi connectivity index (χ0v) is 11.5. The maximum Gasteiger partial charge on any atom is 0.0965 e. The lowest BCUT2D eigenvalue weighted by Crippen LogP contribution is -2.40. The zero-order valence-electron chi connectivity index (χ0n) is 10.7. The van der Waals surface area contributed by atoms with E-state index in [0.29, 0.717) is 18.1 Å². The topological polar surface area (TPSA) is 34.2 Å². The Labute approximate surface area is 108 Å². The van der Waals surface area contributed by atoms with E-state index in [2.05, 4.69) is 24.1 Å². The standard InChI is InChI=1S/C13H22N2OS/c1-3-12-8-11(4-6-16-12)15-9-10(2)13-14-5-7-17-13/h5,7,10-12,15H,3-4,6,8-9H2,1-2H3. The number of hydrogen-bond donors (Lipinski definition) is 1. The first-order chi connectivity index (χ1) is 8.29. The molecular formula is C13H22N2OS. The summed E-state index contributed by atoms with van der Waals surface area (Å²) in [6.45, 7) is 6.37. The Balaban J connectivity index is 1.74. The van der Waals surface area contributed by atoms with Crippen molar-refractivity contribution in [3.63, 3.8) is 0 Å². The van der Waals surface area contributed by atoms with Gasteiger partial charge in [0.2, 0.25) is 0 Å². The van der Waals surface area contributed by atoms with Gasteiger partial charge in [0.05, 0.1) is 11.1 Å². The van der Waals surface area contributed by atoms with Gasteiger partial charge in [-0.3, -0.25) is 0 Å².